The van der Waals surface area contributed by atoms with Crippen LogP contribution in [0.1, 0.15) is 16.7 Å². The number of rotatable bonds is 3. The van der Waals surface area contributed by atoms with Gasteiger partial charge in [-0.1, -0.05) is 65.7 Å². The van der Waals surface area contributed by atoms with E-state index in [0.717, 1.165) is 44.8 Å². The van der Waals surface area contributed by atoms with Crippen LogP contribution >= 0.6 is 0 Å². The Morgan fingerprint density at radius 2 is 1.00 bits per heavy atom. The van der Waals surface area contributed by atoms with Crippen LogP contribution in [-0.2, 0) is 6.18 Å². The van der Waals surface area contributed by atoms with E-state index in [0.29, 0.717) is 28.1 Å². The molecule has 2 nitrogen and oxygen atoms in total. The minimum absolute atomic E-state index is 0.000407. The van der Waals surface area contributed by atoms with Gasteiger partial charge >= 0.3 is 6.18 Å². The van der Waals surface area contributed by atoms with Gasteiger partial charge < -0.3 is 9.13 Å². The summed E-state index contributed by atoms with van der Waals surface area (Å²) in [4.78, 5) is 0. The van der Waals surface area contributed by atoms with Crippen molar-refractivity contribution in [2.45, 2.75) is 20.0 Å². The molecule has 0 amide bonds. The van der Waals surface area contributed by atoms with Crippen molar-refractivity contribution in [2.75, 3.05) is 0 Å². The number of aryl methyl sites for hydroxylation is 2. The zero-order valence-electron chi connectivity index (χ0n) is 24.8. The Balaban J connectivity index is 1.62. The SMILES string of the molecule is Cc1ccc2c(c1)c1ccccc1n2-c1ccc(-c2cc(F)cc(F)c2)c(-n2c3ccccc3c3cc(C)ccc32)c1C(F)(F)F. The molecule has 226 valence electrons. The van der Waals surface area contributed by atoms with Gasteiger partial charge in [-0.3, -0.25) is 0 Å². The number of hydrogen-bond acceptors (Lipinski definition) is 0. The Kier molecular flexibility index (Phi) is 6.13. The monoisotopic (exact) mass is 616 g/mol. The van der Waals surface area contributed by atoms with Gasteiger partial charge in [0.1, 0.15) is 17.2 Å². The van der Waals surface area contributed by atoms with Crippen molar-refractivity contribution in [1.29, 1.82) is 0 Å². The van der Waals surface area contributed by atoms with E-state index in [4.69, 9.17) is 0 Å². The molecule has 0 aliphatic carbocycles. The van der Waals surface area contributed by atoms with E-state index in [9.17, 15) is 8.78 Å². The molecule has 8 rings (SSSR count). The van der Waals surface area contributed by atoms with Crippen LogP contribution in [0.4, 0.5) is 22.0 Å². The molecule has 0 bridgehead atoms. The van der Waals surface area contributed by atoms with Gasteiger partial charge in [0.25, 0.3) is 0 Å². The van der Waals surface area contributed by atoms with Gasteiger partial charge in [-0.05, 0) is 74.0 Å². The van der Waals surface area contributed by atoms with Crippen molar-refractivity contribution in [3.05, 3.63) is 144 Å². The topological polar surface area (TPSA) is 9.86 Å². The van der Waals surface area contributed by atoms with Crippen LogP contribution in [0.2, 0.25) is 0 Å². The summed E-state index contributed by atoms with van der Waals surface area (Å²) in [6, 6.07) is 31.8. The molecule has 2 heterocycles. The lowest BCUT2D eigenvalue weighted by Gasteiger charge is -2.24. The molecular weight excluding hydrogens is 591 g/mol. The minimum Gasteiger partial charge on any atom is -0.309 e. The Hall–Kier alpha value is -5.43. The van der Waals surface area contributed by atoms with Gasteiger partial charge in [0.15, 0.2) is 0 Å². The van der Waals surface area contributed by atoms with Crippen molar-refractivity contribution in [3.8, 4) is 22.5 Å². The van der Waals surface area contributed by atoms with E-state index >= 15 is 13.2 Å². The van der Waals surface area contributed by atoms with Crippen molar-refractivity contribution in [3.63, 3.8) is 0 Å². The van der Waals surface area contributed by atoms with Crippen LogP contribution in [0.3, 0.4) is 0 Å². The average molecular weight is 617 g/mol. The summed E-state index contributed by atoms with van der Waals surface area (Å²) < 4.78 is 80.3. The molecule has 0 fully saturated rings. The van der Waals surface area contributed by atoms with E-state index < -0.39 is 23.4 Å². The highest BCUT2D eigenvalue weighted by Gasteiger charge is 2.40. The second kappa shape index (κ2) is 10.0. The molecule has 0 spiro atoms. The fourth-order valence-corrected chi connectivity index (χ4v) is 6.89. The molecule has 46 heavy (non-hydrogen) atoms. The summed E-state index contributed by atoms with van der Waals surface area (Å²) in [6.45, 7) is 3.87. The number of hydrogen-bond donors (Lipinski definition) is 0. The fourth-order valence-electron chi connectivity index (χ4n) is 6.89. The highest BCUT2D eigenvalue weighted by atomic mass is 19.4. The minimum atomic E-state index is -4.88. The number of benzene rings is 6. The van der Waals surface area contributed by atoms with Crippen LogP contribution in [0.15, 0.2) is 115 Å². The van der Waals surface area contributed by atoms with E-state index in [1.807, 2.05) is 74.5 Å². The van der Waals surface area contributed by atoms with Gasteiger partial charge in [-0.15, -0.1) is 0 Å². The zero-order valence-corrected chi connectivity index (χ0v) is 24.8. The van der Waals surface area contributed by atoms with Crippen LogP contribution in [0.25, 0.3) is 66.1 Å². The van der Waals surface area contributed by atoms with Crippen LogP contribution in [0, 0.1) is 25.5 Å². The molecule has 0 N–H and O–H groups in total. The van der Waals surface area contributed by atoms with Gasteiger partial charge in [0, 0.05) is 33.2 Å². The van der Waals surface area contributed by atoms with Crippen LogP contribution in [0.5, 0.6) is 0 Å². The lowest BCUT2D eigenvalue weighted by Crippen LogP contribution is -2.17. The molecule has 0 aliphatic heterocycles. The fraction of sp³-hybridized carbons (Fsp3) is 0.0769. The van der Waals surface area contributed by atoms with E-state index in [-0.39, 0.29) is 22.5 Å². The van der Waals surface area contributed by atoms with Crippen LogP contribution < -0.4 is 0 Å². The summed E-state index contributed by atoms with van der Waals surface area (Å²) in [7, 11) is 0. The quantitative estimate of drug-likeness (QED) is 0.175. The third-order valence-corrected chi connectivity index (χ3v) is 8.73. The van der Waals surface area contributed by atoms with E-state index in [1.54, 1.807) is 33.4 Å². The molecule has 7 heteroatoms. The second-order valence-electron chi connectivity index (χ2n) is 11.8. The zero-order chi connectivity index (χ0) is 31.9. The van der Waals surface area contributed by atoms with Crippen LogP contribution in [-0.4, -0.2) is 9.13 Å². The van der Waals surface area contributed by atoms with Gasteiger partial charge in [-0.25, -0.2) is 8.78 Å². The number of fused-ring (bicyclic) bond motifs is 6. The maximum absolute atomic E-state index is 15.9. The molecule has 2 aromatic heterocycles. The summed E-state index contributed by atoms with van der Waals surface area (Å²) in [5.41, 5.74) is 3.10. The number of alkyl halides is 3. The maximum Gasteiger partial charge on any atom is 0.420 e. The number of para-hydroxylation sites is 2. The second-order valence-corrected chi connectivity index (χ2v) is 11.8. The predicted octanol–water partition coefficient (Wildman–Crippen LogP) is 11.5. The molecule has 0 saturated carbocycles. The molecular formula is C39H25F5N2. The van der Waals surface area contributed by atoms with E-state index in [1.165, 1.54) is 12.1 Å². The van der Waals surface area contributed by atoms with Gasteiger partial charge in [-0.2, -0.15) is 13.2 Å². The Bertz CT molecular complexity index is 2500. The Morgan fingerprint density at radius 3 is 1.57 bits per heavy atom. The lowest BCUT2D eigenvalue weighted by molar-refractivity contribution is -0.137. The molecule has 0 unspecified atom stereocenters. The lowest BCUT2D eigenvalue weighted by atomic mass is 9.96. The standard InChI is InChI=1S/C39H25F5N2/c1-22-11-14-34-30(17-22)28-7-3-5-9-32(28)45(34)36-16-13-27(24-19-25(40)21-26(41)20-24)38(37(36)39(42,43)44)46-33-10-6-4-8-29(33)31-18-23(2)12-15-35(31)46/h3-21H,1-2H3. The average Bonchev–Trinajstić information content (AvgIpc) is 3.51. The summed E-state index contributed by atoms with van der Waals surface area (Å²) >= 11 is 0. The molecule has 0 saturated heterocycles. The first kappa shape index (κ1) is 28.1. The van der Waals surface area contributed by atoms with Crippen molar-refractivity contribution in [2.24, 2.45) is 0 Å². The summed E-state index contributed by atoms with van der Waals surface area (Å²) in [5, 5.41) is 3.19. The maximum atomic E-state index is 15.9. The Morgan fingerprint density at radius 1 is 0.500 bits per heavy atom. The number of halogens is 5. The third kappa shape index (κ3) is 4.22. The summed E-state index contributed by atoms with van der Waals surface area (Å²) in [5.74, 6) is -1.76. The van der Waals surface area contributed by atoms with Crippen molar-refractivity contribution in [1.82, 2.24) is 9.13 Å². The number of nitrogens with zero attached hydrogens (tertiary/aromatic N) is 2. The number of aromatic nitrogens is 2. The highest BCUT2D eigenvalue weighted by molar-refractivity contribution is 6.11. The molecule has 6 aromatic carbocycles. The third-order valence-electron chi connectivity index (χ3n) is 8.73. The molecule has 0 atom stereocenters. The molecule has 0 aliphatic rings. The largest absolute Gasteiger partial charge is 0.420 e. The Labute approximate surface area is 260 Å². The van der Waals surface area contributed by atoms with E-state index in [2.05, 4.69) is 0 Å². The van der Waals surface area contributed by atoms with Crippen molar-refractivity contribution >= 4 is 43.6 Å². The molecule has 0 radical (unpaired) electrons. The highest BCUT2D eigenvalue weighted by Crippen LogP contribution is 2.47. The first-order chi connectivity index (χ1) is 22.1. The first-order valence-electron chi connectivity index (χ1n) is 14.8. The summed E-state index contributed by atoms with van der Waals surface area (Å²) in [6.07, 6.45) is -4.88. The van der Waals surface area contributed by atoms with Crippen molar-refractivity contribution < 1.29 is 22.0 Å². The smallest absolute Gasteiger partial charge is 0.309 e. The van der Waals surface area contributed by atoms with Gasteiger partial charge in [0.2, 0.25) is 0 Å². The molecule has 8 aromatic rings. The normalized spacial score (nSPS) is 12.2. The predicted molar refractivity (Wildman–Crippen MR) is 175 cm³/mol. The van der Waals surface area contributed by atoms with Gasteiger partial charge in [0.05, 0.1) is 33.4 Å². The first-order valence-corrected chi connectivity index (χ1v) is 14.8.